The summed E-state index contributed by atoms with van der Waals surface area (Å²) in [5.41, 5.74) is 4.73. The van der Waals surface area contributed by atoms with Crippen molar-refractivity contribution in [3.8, 4) is 5.75 Å². The van der Waals surface area contributed by atoms with E-state index in [1.165, 1.54) is 10.5 Å². The maximum absolute atomic E-state index is 13.0. The van der Waals surface area contributed by atoms with Crippen molar-refractivity contribution in [1.29, 1.82) is 0 Å². The topological polar surface area (TPSA) is 58.6 Å². The predicted octanol–water partition coefficient (Wildman–Crippen LogP) is 3.75. The van der Waals surface area contributed by atoms with E-state index in [9.17, 15) is 9.59 Å². The zero-order valence-electron chi connectivity index (χ0n) is 15.6. The van der Waals surface area contributed by atoms with Crippen LogP contribution in [-0.4, -0.2) is 24.5 Å². The van der Waals surface area contributed by atoms with Crippen molar-refractivity contribution in [2.75, 3.05) is 16.8 Å². The van der Waals surface area contributed by atoms with Crippen LogP contribution in [0.2, 0.25) is 0 Å². The van der Waals surface area contributed by atoms with E-state index in [-0.39, 0.29) is 18.2 Å². The molecule has 1 fully saturated rings. The number of aryl methyl sites for hydroxylation is 3. The van der Waals surface area contributed by atoms with E-state index in [4.69, 9.17) is 4.74 Å². The van der Waals surface area contributed by atoms with Crippen molar-refractivity contribution in [2.45, 2.75) is 40.2 Å². The van der Waals surface area contributed by atoms with Crippen molar-refractivity contribution in [3.63, 3.8) is 0 Å². The van der Waals surface area contributed by atoms with E-state index in [2.05, 4.69) is 17.4 Å². The molecule has 0 radical (unpaired) electrons. The van der Waals surface area contributed by atoms with Gasteiger partial charge in [0.25, 0.3) is 5.91 Å². The monoisotopic (exact) mass is 352 g/mol. The summed E-state index contributed by atoms with van der Waals surface area (Å²) in [6.45, 7) is 8.40. The molecule has 1 aliphatic heterocycles. The minimum absolute atomic E-state index is 0.131. The van der Waals surface area contributed by atoms with Crippen LogP contribution in [0.1, 0.15) is 30.0 Å². The van der Waals surface area contributed by atoms with Crippen molar-refractivity contribution >= 4 is 23.2 Å². The summed E-state index contributed by atoms with van der Waals surface area (Å²) in [5.74, 6) is 0.0728. The Kier molecular flexibility index (Phi) is 4.98. The number of hydrogen-bond acceptors (Lipinski definition) is 4. The lowest BCUT2D eigenvalue weighted by Gasteiger charge is -2.20. The van der Waals surface area contributed by atoms with E-state index < -0.39 is 6.04 Å². The van der Waals surface area contributed by atoms with Gasteiger partial charge in [0.1, 0.15) is 11.8 Å². The molecule has 0 aliphatic carbocycles. The maximum Gasteiger partial charge on any atom is 0.256 e. The molecule has 1 heterocycles. The number of rotatable bonds is 5. The molecule has 1 atom stereocenters. The first-order valence-corrected chi connectivity index (χ1v) is 8.85. The van der Waals surface area contributed by atoms with E-state index in [1.807, 2.05) is 33.8 Å². The van der Waals surface area contributed by atoms with E-state index in [1.54, 1.807) is 18.2 Å². The largest absolute Gasteiger partial charge is 0.492 e. The van der Waals surface area contributed by atoms with Gasteiger partial charge in [-0.1, -0.05) is 29.8 Å². The van der Waals surface area contributed by atoms with Crippen molar-refractivity contribution in [1.82, 2.24) is 0 Å². The minimum Gasteiger partial charge on any atom is -0.492 e. The highest BCUT2D eigenvalue weighted by molar-refractivity contribution is 6.23. The molecule has 0 aromatic heterocycles. The Morgan fingerprint density at radius 2 is 1.77 bits per heavy atom. The molecular weight excluding hydrogens is 328 g/mol. The molecule has 2 aromatic rings. The molecule has 5 heteroatoms. The minimum atomic E-state index is -0.572. The molecule has 136 valence electrons. The summed E-state index contributed by atoms with van der Waals surface area (Å²) in [4.78, 5) is 26.8. The van der Waals surface area contributed by atoms with Crippen LogP contribution in [-0.2, 0) is 9.59 Å². The Balaban J connectivity index is 1.89. The van der Waals surface area contributed by atoms with Gasteiger partial charge < -0.3 is 10.1 Å². The highest BCUT2D eigenvalue weighted by Gasteiger charge is 2.41. The fourth-order valence-corrected chi connectivity index (χ4v) is 3.50. The number of amides is 2. The molecule has 1 aliphatic rings. The molecule has 2 amide bonds. The van der Waals surface area contributed by atoms with Gasteiger partial charge in [-0.05, 0) is 51.0 Å². The zero-order chi connectivity index (χ0) is 18.8. The molecular formula is C21H24N2O3. The van der Waals surface area contributed by atoms with Crippen molar-refractivity contribution in [2.24, 2.45) is 0 Å². The maximum atomic E-state index is 13.0. The Hall–Kier alpha value is -2.82. The lowest BCUT2D eigenvalue weighted by molar-refractivity contribution is -0.121. The summed E-state index contributed by atoms with van der Waals surface area (Å²) >= 11 is 0. The SMILES string of the molecule is CCOc1ccccc1N1C(=O)CC(Nc2c(C)cc(C)cc2C)C1=O. The zero-order valence-corrected chi connectivity index (χ0v) is 15.6. The molecule has 0 bridgehead atoms. The van der Waals surface area contributed by atoms with Gasteiger partial charge in [-0.3, -0.25) is 9.59 Å². The Morgan fingerprint density at radius 3 is 2.42 bits per heavy atom. The van der Waals surface area contributed by atoms with Gasteiger partial charge in [-0.2, -0.15) is 0 Å². The summed E-state index contributed by atoms with van der Waals surface area (Å²) in [6.07, 6.45) is 0.131. The number of hydrogen-bond donors (Lipinski definition) is 1. The van der Waals surface area contributed by atoms with Crippen LogP contribution in [0, 0.1) is 20.8 Å². The van der Waals surface area contributed by atoms with Gasteiger partial charge >= 0.3 is 0 Å². The Morgan fingerprint density at radius 1 is 1.12 bits per heavy atom. The molecule has 5 nitrogen and oxygen atoms in total. The molecule has 1 N–H and O–H groups in total. The second-order valence-corrected chi connectivity index (χ2v) is 6.64. The third kappa shape index (κ3) is 3.29. The van der Waals surface area contributed by atoms with Gasteiger partial charge in [0, 0.05) is 5.69 Å². The Bertz CT molecular complexity index is 837. The summed E-state index contributed by atoms with van der Waals surface area (Å²) in [7, 11) is 0. The third-order valence-electron chi connectivity index (χ3n) is 4.55. The summed E-state index contributed by atoms with van der Waals surface area (Å²) in [5, 5.41) is 3.28. The molecule has 0 spiro atoms. The number of nitrogens with one attached hydrogen (secondary N) is 1. The van der Waals surface area contributed by atoms with Crippen molar-refractivity contribution < 1.29 is 14.3 Å². The number of anilines is 2. The number of benzene rings is 2. The van der Waals surface area contributed by atoms with E-state index >= 15 is 0 Å². The van der Waals surface area contributed by atoms with Crippen LogP contribution in [0.4, 0.5) is 11.4 Å². The van der Waals surface area contributed by atoms with Crippen LogP contribution < -0.4 is 15.0 Å². The second kappa shape index (κ2) is 7.20. The summed E-state index contributed by atoms with van der Waals surface area (Å²) in [6, 6.07) is 10.7. The fourth-order valence-electron chi connectivity index (χ4n) is 3.50. The van der Waals surface area contributed by atoms with Gasteiger partial charge in [0.15, 0.2) is 0 Å². The smallest absolute Gasteiger partial charge is 0.256 e. The first-order valence-electron chi connectivity index (χ1n) is 8.85. The quantitative estimate of drug-likeness (QED) is 0.833. The average Bonchev–Trinajstić information content (AvgIpc) is 2.86. The first kappa shape index (κ1) is 18.0. The normalized spacial score (nSPS) is 16.9. The number of imide groups is 1. The van der Waals surface area contributed by atoms with Gasteiger partial charge in [0.2, 0.25) is 5.91 Å². The standard InChI is InChI=1S/C21H24N2O3/c1-5-26-18-9-7-6-8-17(18)23-19(24)12-16(21(23)25)22-20-14(3)10-13(2)11-15(20)4/h6-11,16,22H,5,12H2,1-4H3. The van der Waals surface area contributed by atoms with Gasteiger partial charge in [0.05, 0.1) is 18.7 Å². The van der Waals surface area contributed by atoms with Gasteiger partial charge in [-0.15, -0.1) is 0 Å². The van der Waals surface area contributed by atoms with Crippen LogP contribution in [0.3, 0.4) is 0 Å². The number of carbonyl (C=O) groups is 2. The summed E-state index contributed by atoms with van der Waals surface area (Å²) < 4.78 is 5.58. The lowest BCUT2D eigenvalue weighted by atomic mass is 10.0. The number of para-hydroxylation sites is 2. The fraction of sp³-hybridized carbons (Fsp3) is 0.333. The van der Waals surface area contributed by atoms with Crippen LogP contribution >= 0.6 is 0 Å². The molecule has 1 saturated heterocycles. The van der Waals surface area contributed by atoms with E-state index in [0.29, 0.717) is 18.0 Å². The van der Waals surface area contributed by atoms with Crippen LogP contribution in [0.25, 0.3) is 0 Å². The number of carbonyl (C=O) groups excluding carboxylic acids is 2. The lowest BCUT2D eigenvalue weighted by Crippen LogP contribution is -2.35. The second-order valence-electron chi connectivity index (χ2n) is 6.64. The highest BCUT2D eigenvalue weighted by Crippen LogP contribution is 2.33. The van der Waals surface area contributed by atoms with Gasteiger partial charge in [-0.25, -0.2) is 4.90 Å². The number of nitrogens with zero attached hydrogens (tertiary/aromatic N) is 1. The van der Waals surface area contributed by atoms with Crippen LogP contribution in [0.5, 0.6) is 5.75 Å². The van der Waals surface area contributed by atoms with Crippen molar-refractivity contribution in [3.05, 3.63) is 53.1 Å². The Labute approximate surface area is 154 Å². The first-order chi connectivity index (χ1) is 12.4. The third-order valence-corrected chi connectivity index (χ3v) is 4.55. The van der Waals surface area contributed by atoms with E-state index in [0.717, 1.165) is 16.8 Å². The predicted molar refractivity (Wildman–Crippen MR) is 103 cm³/mol. The van der Waals surface area contributed by atoms with Crippen LogP contribution in [0.15, 0.2) is 36.4 Å². The molecule has 0 saturated carbocycles. The number of ether oxygens (including phenoxy) is 1. The molecule has 2 aromatic carbocycles. The average molecular weight is 352 g/mol. The molecule has 1 unspecified atom stereocenters. The molecule has 3 rings (SSSR count). The highest BCUT2D eigenvalue weighted by atomic mass is 16.5. The molecule has 26 heavy (non-hydrogen) atoms.